The highest BCUT2D eigenvalue weighted by molar-refractivity contribution is 9.10. The minimum Gasteiger partial charge on any atom is -0.388 e. The Hall–Kier alpha value is -2.23. The number of hydrogen-bond acceptors (Lipinski definition) is 6. The van der Waals surface area contributed by atoms with Crippen molar-refractivity contribution in [3.05, 3.63) is 78.1 Å². The van der Waals surface area contributed by atoms with Crippen LogP contribution in [0.2, 0.25) is 5.02 Å². The van der Waals surface area contributed by atoms with Gasteiger partial charge < -0.3 is 14.2 Å². The molecule has 1 atom stereocenters. The maximum Gasteiger partial charge on any atom is 0.331 e. The van der Waals surface area contributed by atoms with Gasteiger partial charge in [0.05, 0.1) is 10.6 Å². The lowest BCUT2D eigenvalue weighted by molar-refractivity contribution is 0.174. The molecule has 0 saturated carbocycles. The van der Waals surface area contributed by atoms with E-state index in [1.54, 1.807) is 24.3 Å². The summed E-state index contributed by atoms with van der Waals surface area (Å²) in [6.45, 7) is -0.158. The van der Waals surface area contributed by atoms with E-state index in [0.29, 0.717) is 10.6 Å². The number of aryl methyl sites for hydroxylation is 1. The Kier molecular flexibility index (Phi) is 5.40. The van der Waals surface area contributed by atoms with E-state index in [1.165, 1.54) is 17.8 Å². The number of hydrogen-bond donors (Lipinski definition) is 1. The molecular weight excluding hydrogens is 428 g/mol. The third-order valence-corrected chi connectivity index (χ3v) is 4.52. The molecule has 0 bridgehead atoms. The molecule has 136 valence electrons. The van der Waals surface area contributed by atoms with E-state index < -0.39 is 17.4 Å². The van der Waals surface area contributed by atoms with Gasteiger partial charge in [0.1, 0.15) is 6.54 Å². The Morgan fingerprint density at radius 1 is 1.31 bits per heavy atom. The lowest BCUT2D eigenvalue weighted by Crippen LogP contribution is -2.39. The van der Waals surface area contributed by atoms with Gasteiger partial charge in [0, 0.05) is 24.7 Å². The number of aliphatic hydroxyl groups excluding tert-OH is 1. The lowest BCUT2D eigenvalue weighted by atomic mass is 10.1. The van der Waals surface area contributed by atoms with Crippen LogP contribution in [0.15, 0.2) is 49.0 Å². The van der Waals surface area contributed by atoms with Crippen LogP contribution in [0, 0.1) is 0 Å². The van der Waals surface area contributed by atoms with Gasteiger partial charge in [-0.2, -0.15) is 4.98 Å². The first kappa shape index (κ1) is 18.6. The lowest BCUT2D eigenvalue weighted by Gasteiger charge is -2.08. The summed E-state index contributed by atoms with van der Waals surface area (Å²) in [7, 11) is 1.53. The van der Waals surface area contributed by atoms with Crippen molar-refractivity contribution >= 4 is 27.5 Å². The predicted octanol–water partition coefficient (Wildman–Crippen LogP) is 1.67. The molecule has 2 heterocycles. The van der Waals surface area contributed by atoms with Crippen LogP contribution >= 0.6 is 27.5 Å². The van der Waals surface area contributed by atoms with Gasteiger partial charge in [-0.1, -0.05) is 28.9 Å². The van der Waals surface area contributed by atoms with Gasteiger partial charge in [-0.25, -0.2) is 9.36 Å². The van der Waals surface area contributed by atoms with Crippen LogP contribution in [-0.4, -0.2) is 24.4 Å². The van der Waals surface area contributed by atoms with Crippen molar-refractivity contribution in [3.8, 4) is 0 Å². The van der Waals surface area contributed by atoms with Crippen molar-refractivity contribution < 1.29 is 9.63 Å². The summed E-state index contributed by atoms with van der Waals surface area (Å²) in [4.78, 5) is 28.4. The zero-order valence-electron chi connectivity index (χ0n) is 13.6. The highest BCUT2D eigenvalue weighted by atomic mass is 79.9. The van der Waals surface area contributed by atoms with Crippen LogP contribution in [0.25, 0.3) is 0 Å². The molecule has 0 amide bonds. The molecule has 0 saturated heterocycles. The van der Waals surface area contributed by atoms with Crippen LogP contribution < -0.4 is 11.2 Å². The minimum absolute atomic E-state index is 0.0978. The second-order valence-corrected chi connectivity index (χ2v) is 6.93. The quantitative estimate of drug-likeness (QED) is 0.646. The Labute approximate surface area is 160 Å². The smallest absolute Gasteiger partial charge is 0.331 e. The molecule has 10 heteroatoms. The average molecular weight is 442 g/mol. The second kappa shape index (κ2) is 7.56. The molecular formula is C16H14BrClN4O4. The molecule has 0 aliphatic heterocycles. The molecule has 8 nitrogen and oxygen atoms in total. The number of aromatic nitrogens is 4. The van der Waals surface area contributed by atoms with Crippen LogP contribution in [0.5, 0.6) is 0 Å². The first-order chi connectivity index (χ1) is 12.3. The van der Waals surface area contributed by atoms with E-state index in [0.717, 1.165) is 4.57 Å². The first-order valence-corrected chi connectivity index (χ1v) is 8.73. The monoisotopic (exact) mass is 440 g/mol. The zero-order valence-corrected chi connectivity index (χ0v) is 15.9. The fraction of sp³-hybridized carbons (Fsp3) is 0.250. The summed E-state index contributed by atoms with van der Waals surface area (Å²) in [6.07, 6.45) is 0.679. The largest absolute Gasteiger partial charge is 0.388 e. The second-order valence-electron chi connectivity index (χ2n) is 5.64. The van der Waals surface area contributed by atoms with E-state index >= 15 is 0 Å². The fourth-order valence-electron chi connectivity index (χ4n) is 2.37. The molecule has 1 N–H and O–H groups in total. The normalized spacial score (nSPS) is 12.3. The predicted molar refractivity (Wildman–Crippen MR) is 97.2 cm³/mol. The van der Waals surface area contributed by atoms with Crippen molar-refractivity contribution in [1.29, 1.82) is 0 Å². The van der Waals surface area contributed by atoms with Gasteiger partial charge >= 0.3 is 5.69 Å². The third kappa shape index (κ3) is 3.95. The molecule has 3 rings (SSSR count). The maximum atomic E-state index is 12.1. The third-order valence-electron chi connectivity index (χ3n) is 3.72. The highest BCUT2D eigenvalue weighted by Crippen LogP contribution is 2.19. The maximum absolute atomic E-state index is 12.1. The summed E-state index contributed by atoms with van der Waals surface area (Å²) in [6, 6.07) is 6.77. The number of rotatable bonds is 5. The van der Waals surface area contributed by atoms with Crippen LogP contribution in [-0.2, 0) is 20.0 Å². The van der Waals surface area contributed by atoms with Gasteiger partial charge in [0.15, 0.2) is 5.82 Å². The van der Waals surface area contributed by atoms with Crippen molar-refractivity contribution in [2.75, 3.05) is 0 Å². The van der Waals surface area contributed by atoms with Crippen LogP contribution in [0.1, 0.15) is 23.4 Å². The minimum atomic E-state index is -0.834. The van der Waals surface area contributed by atoms with Crippen molar-refractivity contribution in [2.45, 2.75) is 19.1 Å². The Bertz CT molecular complexity index is 1010. The van der Waals surface area contributed by atoms with Crippen LogP contribution in [0.3, 0.4) is 0 Å². The molecule has 0 aliphatic carbocycles. The van der Waals surface area contributed by atoms with E-state index in [2.05, 4.69) is 26.1 Å². The molecule has 1 aromatic carbocycles. The summed E-state index contributed by atoms with van der Waals surface area (Å²) < 4.78 is 7.60. The number of halogens is 2. The van der Waals surface area contributed by atoms with Gasteiger partial charge in [-0.05, 0) is 33.6 Å². The number of benzene rings is 1. The Balaban J connectivity index is 1.78. The number of nitrogens with zero attached hydrogens (tertiary/aromatic N) is 4. The summed E-state index contributed by atoms with van der Waals surface area (Å²) in [5.74, 6) is 0.364. The molecule has 0 spiro atoms. The zero-order chi connectivity index (χ0) is 18.8. The summed E-state index contributed by atoms with van der Waals surface area (Å²) in [5, 5.41) is 14.6. The van der Waals surface area contributed by atoms with E-state index in [1.807, 2.05) is 0 Å². The van der Waals surface area contributed by atoms with Crippen molar-refractivity contribution in [2.24, 2.45) is 7.05 Å². The fourth-order valence-corrected chi connectivity index (χ4v) is 3.02. The van der Waals surface area contributed by atoms with Gasteiger partial charge in [-0.15, -0.1) is 0 Å². The first-order valence-electron chi connectivity index (χ1n) is 7.56. The number of aliphatic hydroxyl groups is 1. The molecule has 0 unspecified atom stereocenters. The molecule has 26 heavy (non-hydrogen) atoms. The van der Waals surface area contributed by atoms with E-state index in [9.17, 15) is 14.7 Å². The molecule has 0 fully saturated rings. The highest BCUT2D eigenvalue weighted by Gasteiger charge is 2.16. The van der Waals surface area contributed by atoms with E-state index in [4.69, 9.17) is 16.1 Å². The van der Waals surface area contributed by atoms with Crippen LogP contribution in [0.4, 0.5) is 0 Å². The molecule has 0 aliphatic rings. The topological polar surface area (TPSA) is 103 Å². The van der Waals surface area contributed by atoms with Crippen molar-refractivity contribution in [3.63, 3.8) is 0 Å². The van der Waals surface area contributed by atoms with Gasteiger partial charge in [0.25, 0.3) is 5.56 Å². The molecule has 0 radical (unpaired) electrons. The van der Waals surface area contributed by atoms with Gasteiger partial charge in [-0.3, -0.25) is 4.79 Å². The Morgan fingerprint density at radius 3 is 2.69 bits per heavy atom. The van der Waals surface area contributed by atoms with E-state index in [-0.39, 0.29) is 29.2 Å². The summed E-state index contributed by atoms with van der Waals surface area (Å²) in [5.41, 5.74) is -0.328. The SMILES string of the molecule is Cn1cc(Br)c(=O)n(Cc2nc(C[C@H](O)c3ccc(Cl)cc3)no2)c1=O. The summed E-state index contributed by atoms with van der Waals surface area (Å²) >= 11 is 8.94. The molecule has 2 aromatic heterocycles. The average Bonchev–Trinajstić information content (AvgIpc) is 3.04. The molecule has 3 aromatic rings. The van der Waals surface area contributed by atoms with Crippen molar-refractivity contribution in [1.82, 2.24) is 19.3 Å². The Morgan fingerprint density at radius 2 is 2.00 bits per heavy atom. The standard InChI is InChI=1S/C16H14BrClN4O4/c1-21-7-11(17)15(24)22(16(21)25)8-14-19-13(20-26-14)6-12(23)9-2-4-10(18)5-3-9/h2-5,7,12,23H,6,8H2,1H3/t12-/m0/s1. The van der Waals surface area contributed by atoms with Gasteiger partial charge in [0.2, 0.25) is 5.89 Å².